The lowest BCUT2D eigenvalue weighted by atomic mass is 10.1. The summed E-state index contributed by atoms with van der Waals surface area (Å²) in [5.74, 6) is 0.00866. The largest absolute Gasteiger partial charge is 0.435 e. The van der Waals surface area contributed by atoms with Gasteiger partial charge in [-0.25, -0.2) is 9.97 Å². The van der Waals surface area contributed by atoms with E-state index in [-0.39, 0.29) is 18.2 Å². The highest BCUT2D eigenvalue weighted by atomic mass is 19.3. The molecule has 4 aromatic rings. The molecule has 0 radical (unpaired) electrons. The molecule has 4 N–H and O–H groups in total. The fourth-order valence-electron chi connectivity index (χ4n) is 4.76. The lowest BCUT2D eigenvalue weighted by Gasteiger charge is -2.35. The van der Waals surface area contributed by atoms with E-state index in [0.717, 1.165) is 16.8 Å². The van der Waals surface area contributed by atoms with Gasteiger partial charge < -0.3 is 30.7 Å². The lowest BCUT2D eigenvalue weighted by molar-refractivity contribution is -0.141. The number of carbonyl (C=O) groups excluding carboxylic acids is 2. The van der Waals surface area contributed by atoms with Gasteiger partial charge in [0.05, 0.1) is 11.9 Å². The summed E-state index contributed by atoms with van der Waals surface area (Å²) in [5, 5.41) is 13.0. The SMILES string of the molecule is Cc1cc(Nc2nccn3c(-c4ccc(OC(F)F)cc4)cnc23)ccc1C(=O)N1CCN(C(=O)C(O)CN)CC1. The van der Waals surface area contributed by atoms with Gasteiger partial charge in [-0.15, -0.1) is 0 Å². The molecule has 1 saturated heterocycles. The van der Waals surface area contributed by atoms with Crippen molar-refractivity contribution in [3.05, 3.63) is 72.2 Å². The normalized spacial score (nSPS) is 14.4. The number of hydrogen-bond donors (Lipinski definition) is 3. The molecule has 13 heteroatoms. The predicted octanol–water partition coefficient (Wildman–Crippen LogP) is 2.65. The van der Waals surface area contributed by atoms with Crippen LogP contribution in [-0.4, -0.2) is 86.5 Å². The molecule has 3 heterocycles. The number of aryl methyl sites for hydroxylation is 1. The molecule has 2 aromatic heterocycles. The Hall–Kier alpha value is -4.62. The number of fused-ring (bicyclic) bond motifs is 1. The van der Waals surface area contributed by atoms with Crippen LogP contribution in [-0.2, 0) is 4.79 Å². The number of aliphatic hydroxyl groups is 1. The molecular formula is C28H29F2N7O4. The molecule has 0 bridgehead atoms. The number of piperazine rings is 1. The number of benzene rings is 2. The summed E-state index contributed by atoms with van der Waals surface area (Å²) in [6.07, 6.45) is 3.82. The number of ether oxygens (including phenoxy) is 1. The van der Waals surface area contributed by atoms with Crippen molar-refractivity contribution in [2.24, 2.45) is 5.73 Å². The van der Waals surface area contributed by atoms with Crippen LogP contribution in [0.1, 0.15) is 15.9 Å². The first-order valence-electron chi connectivity index (χ1n) is 13.0. The van der Waals surface area contributed by atoms with Gasteiger partial charge in [-0.1, -0.05) is 0 Å². The summed E-state index contributed by atoms with van der Waals surface area (Å²) in [5.41, 5.74) is 9.46. The van der Waals surface area contributed by atoms with Crippen LogP contribution < -0.4 is 15.8 Å². The van der Waals surface area contributed by atoms with Crippen LogP contribution in [0.5, 0.6) is 5.75 Å². The molecule has 1 aliphatic heterocycles. The number of anilines is 2. The average molecular weight is 566 g/mol. The number of aliphatic hydroxyl groups excluding tert-OH is 1. The summed E-state index contributed by atoms with van der Waals surface area (Å²) >= 11 is 0. The number of rotatable bonds is 8. The molecule has 2 aromatic carbocycles. The zero-order valence-corrected chi connectivity index (χ0v) is 22.2. The van der Waals surface area contributed by atoms with Crippen molar-refractivity contribution >= 4 is 29.0 Å². The van der Waals surface area contributed by atoms with E-state index < -0.39 is 18.6 Å². The third-order valence-electron chi connectivity index (χ3n) is 6.91. The summed E-state index contributed by atoms with van der Waals surface area (Å²) in [6, 6.07) is 11.7. The van der Waals surface area contributed by atoms with Gasteiger partial charge in [-0.2, -0.15) is 8.78 Å². The maximum Gasteiger partial charge on any atom is 0.387 e. The number of nitrogens with one attached hydrogen (secondary N) is 1. The van der Waals surface area contributed by atoms with E-state index in [1.807, 2.05) is 17.4 Å². The number of carbonyl (C=O) groups is 2. The zero-order chi connectivity index (χ0) is 29.1. The van der Waals surface area contributed by atoms with Crippen molar-refractivity contribution in [2.45, 2.75) is 19.6 Å². The quantitative estimate of drug-likeness (QED) is 0.297. The highest BCUT2D eigenvalue weighted by molar-refractivity contribution is 5.96. The Morgan fingerprint density at radius 3 is 2.44 bits per heavy atom. The maximum atomic E-state index is 13.2. The lowest BCUT2D eigenvalue weighted by Crippen LogP contribution is -2.53. The van der Waals surface area contributed by atoms with Crippen molar-refractivity contribution in [1.82, 2.24) is 24.2 Å². The zero-order valence-electron chi connectivity index (χ0n) is 22.2. The Balaban J connectivity index is 1.28. The third-order valence-corrected chi connectivity index (χ3v) is 6.91. The number of amides is 2. The molecule has 0 spiro atoms. The van der Waals surface area contributed by atoms with E-state index in [1.165, 1.54) is 17.0 Å². The molecule has 41 heavy (non-hydrogen) atoms. The number of alkyl halides is 2. The molecule has 5 rings (SSSR count). The first-order chi connectivity index (χ1) is 19.7. The van der Waals surface area contributed by atoms with E-state index in [0.29, 0.717) is 48.9 Å². The summed E-state index contributed by atoms with van der Waals surface area (Å²) in [6.45, 7) is 0.190. The van der Waals surface area contributed by atoms with Gasteiger partial charge >= 0.3 is 6.61 Å². The predicted molar refractivity (Wildman–Crippen MR) is 147 cm³/mol. The number of imidazole rings is 1. The Bertz CT molecular complexity index is 1550. The summed E-state index contributed by atoms with van der Waals surface area (Å²) < 4.78 is 31.2. The molecule has 1 aliphatic rings. The number of nitrogens with zero attached hydrogens (tertiary/aromatic N) is 5. The minimum atomic E-state index is -2.89. The van der Waals surface area contributed by atoms with Gasteiger partial charge in [0.2, 0.25) is 0 Å². The molecule has 11 nitrogen and oxygen atoms in total. The smallest absolute Gasteiger partial charge is 0.387 e. The van der Waals surface area contributed by atoms with E-state index in [9.17, 15) is 23.5 Å². The first kappa shape index (κ1) is 27.9. The molecule has 0 aliphatic carbocycles. The van der Waals surface area contributed by atoms with Crippen molar-refractivity contribution in [1.29, 1.82) is 0 Å². The molecule has 1 unspecified atom stereocenters. The van der Waals surface area contributed by atoms with Crippen molar-refractivity contribution in [3.63, 3.8) is 0 Å². The Morgan fingerprint density at radius 2 is 1.78 bits per heavy atom. The standard InChI is InChI=1S/C28H29F2N7O4/c1-17-14-19(4-7-21(17)26(39)35-10-12-36(13-11-35)27(40)23(38)15-31)34-24-25-33-16-22(37(25)9-8-32-24)18-2-5-20(6-3-18)41-28(29)30/h2-9,14,16,23,28,38H,10-13,15,31H2,1H3,(H,32,34). The highest BCUT2D eigenvalue weighted by Crippen LogP contribution is 2.28. The van der Waals surface area contributed by atoms with Crippen molar-refractivity contribution < 1.29 is 28.2 Å². The Kier molecular flexibility index (Phi) is 8.08. The van der Waals surface area contributed by atoms with Gasteiger partial charge in [0.25, 0.3) is 11.8 Å². The Labute approximate surface area is 234 Å². The van der Waals surface area contributed by atoms with Gasteiger partial charge in [0, 0.05) is 61.9 Å². The second-order valence-corrected chi connectivity index (χ2v) is 9.54. The summed E-state index contributed by atoms with van der Waals surface area (Å²) in [4.78, 5) is 37.5. The minimum absolute atomic E-state index is 0.0681. The van der Waals surface area contributed by atoms with Crippen molar-refractivity contribution in [2.75, 3.05) is 38.0 Å². The van der Waals surface area contributed by atoms with Crippen LogP contribution in [0.2, 0.25) is 0 Å². The second kappa shape index (κ2) is 11.9. The van der Waals surface area contributed by atoms with Crippen LogP contribution in [0.4, 0.5) is 20.3 Å². The second-order valence-electron chi connectivity index (χ2n) is 9.54. The number of aromatic nitrogens is 3. The van der Waals surface area contributed by atoms with E-state index in [2.05, 4.69) is 20.0 Å². The first-order valence-corrected chi connectivity index (χ1v) is 13.0. The average Bonchev–Trinajstić information content (AvgIpc) is 3.41. The molecule has 1 atom stereocenters. The number of nitrogens with two attached hydrogens (primary N) is 1. The highest BCUT2D eigenvalue weighted by Gasteiger charge is 2.28. The fraction of sp³-hybridized carbons (Fsp3) is 0.286. The van der Waals surface area contributed by atoms with Crippen LogP contribution in [0.15, 0.2) is 61.1 Å². The molecule has 214 valence electrons. The number of halogens is 2. The van der Waals surface area contributed by atoms with Gasteiger partial charge in [0.15, 0.2) is 11.5 Å². The minimum Gasteiger partial charge on any atom is -0.435 e. The molecule has 1 fully saturated rings. The topological polar surface area (TPSA) is 138 Å². The van der Waals surface area contributed by atoms with Crippen molar-refractivity contribution in [3.8, 4) is 17.0 Å². The number of hydrogen-bond acceptors (Lipinski definition) is 8. The van der Waals surface area contributed by atoms with E-state index in [4.69, 9.17) is 5.73 Å². The van der Waals surface area contributed by atoms with Gasteiger partial charge in [-0.05, 0) is 55.0 Å². The van der Waals surface area contributed by atoms with Crippen LogP contribution in [0, 0.1) is 6.92 Å². The molecule has 2 amide bonds. The van der Waals surface area contributed by atoms with Crippen LogP contribution in [0.25, 0.3) is 16.9 Å². The van der Waals surface area contributed by atoms with Gasteiger partial charge in [-0.3, -0.25) is 14.0 Å². The maximum absolute atomic E-state index is 13.2. The fourth-order valence-corrected chi connectivity index (χ4v) is 4.76. The Morgan fingerprint density at radius 1 is 1.07 bits per heavy atom. The third kappa shape index (κ3) is 5.95. The summed E-state index contributed by atoms with van der Waals surface area (Å²) in [7, 11) is 0. The van der Waals surface area contributed by atoms with E-state index in [1.54, 1.807) is 47.8 Å². The molecule has 0 saturated carbocycles. The van der Waals surface area contributed by atoms with Crippen LogP contribution >= 0.6 is 0 Å². The monoisotopic (exact) mass is 565 g/mol. The van der Waals surface area contributed by atoms with E-state index >= 15 is 0 Å². The van der Waals surface area contributed by atoms with Gasteiger partial charge in [0.1, 0.15) is 11.9 Å². The van der Waals surface area contributed by atoms with Crippen LogP contribution in [0.3, 0.4) is 0 Å². The molecular weight excluding hydrogens is 536 g/mol.